The zero-order valence-electron chi connectivity index (χ0n) is 10.2. The Hall–Kier alpha value is -2.47. The summed E-state index contributed by atoms with van der Waals surface area (Å²) in [6.45, 7) is 0. The topological polar surface area (TPSA) is 101 Å². The minimum absolute atomic E-state index is 0.306. The molecule has 0 amide bonds. The minimum Gasteiger partial charge on any atom is -0.480 e. The lowest BCUT2D eigenvalue weighted by molar-refractivity contribution is -0.138. The van der Waals surface area contributed by atoms with E-state index in [1.54, 1.807) is 18.6 Å². The molecule has 0 aliphatic rings. The number of aromatic nitrogens is 2. The van der Waals surface area contributed by atoms with E-state index in [1.807, 2.05) is 24.3 Å². The summed E-state index contributed by atoms with van der Waals surface area (Å²) in [7, 11) is 0. The zero-order chi connectivity index (χ0) is 13.7. The van der Waals surface area contributed by atoms with Gasteiger partial charge in [-0.15, -0.1) is 0 Å². The Morgan fingerprint density at radius 1 is 1.32 bits per heavy atom. The Bertz CT molecular complexity index is 542. The molecule has 1 aromatic carbocycles. The van der Waals surface area contributed by atoms with E-state index < -0.39 is 12.0 Å². The molecule has 6 nitrogen and oxygen atoms in total. The number of nitrogens with zero attached hydrogens (tertiary/aromatic N) is 2. The summed E-state index contributed by atoms with van der Waals surface area (Å²) < 4.78 is 0. The van der Waals surface area contributed by atoms with Crippen molar-refractivity contribution in [2.75, 3.05) is 5.32 Å². The summed E-state index contributed by atoms with van der Waals surface area (Å²) in [5, 5.41) is 11.8. The van der Waals surface area contributed by atoms with E-state index in [9.17, 15) is 4.79 Å². The first-order valence-electron chi connectivity index (χ1n) is 5.75. The van der Waals surface area contributed by atoms with Gasteiger partial charge in [-0.2, -0.15) is 0 Å². The fraction of sp³-hybridized carbons (Fsp3) is 0.154. The van der Waals surface area contributed by atoms with E-state index in [0.29, 0.717) is 12.2 Å². The van der Waals surface area contributed by atoms with Crippen LogP contribution in [0.25, 0.3) is 0 Å². The van der Waals surface area contributed by atoms with Crippen molar-refractivity contribution in [2.45, 2.75) is 12.5 Å². The Kier molecular flexibility index (Phi) is 4.04. The number of hydrogen-bond donors (Lipinski definition) is 3. The zero-order valence-corrected chi connectivity index (χ0v) is 10.2. The number of carbonyl (C=O) groups is 1. The number of aliphatic carboxylic acids is 1. The molecule has 0 unspecified atom stereocenters. The maximum atomic E-state index is 10.7. The van der Waals surface area contributed by atoms with Crippen molar-refractivity contribution in [2.24, 2.45) is 5.73 Å². The molecule has 0 bridgehead atoms. The van der Waals surface area contributed by atoms with E-state index in [-0.39, 0.29) is 0 Å². The van der Waals surface area contributed by atoms with Gasteiger partial charge in [0.15, 0.2) is 0 Å². The van der Waals surface area contributed by atoms with Crippen LogP contribution in [0.4, 0.5) is 11.5 Å². The third kappa shape index (κ3) is 3.75. The van der Waals surface area contributed by atoms with Gasteiger partial charge < -0.3 is 16.2 Å². The van der Waals surface area contributed by atoms with Gasteiger partial charge in [-0.1, -0.05) is 12.1 Å². The summed E-state index contributed by atoms with van der Waals surface area (Å²) in [5.74, 6) is -0.348. The van der Waals surface area contributed by atoms with Crippen LogP contribution < -0.4 is 11.1 Å². The van der Waals surface area contributed by atoms with Gasteiger partial charge in [0.05, 0.1) is 6.20 Å². The molecule has 6 heteroatoms. The lowest BCUT2D eigenvalue weighted by Crippen LogP contribution is -2.32. The van der Waals surface area contributed by atoms with Crippen molar-refractivity contribution in [3.05, 3.63) is 48.4 Å². The van der Waals surface area contributed by atoms with Crippen molar-refractivity contribution in [1.29, 1.82) is 0 Å². The summed E-state index contributed by atoms with van der Waals surface area (Å²) in [5.41, 5.74) is 7.21. The number of rotatable bonds is 5. The number of carboxylic acids is 1. The van der Waals surface area contributed by atoms with Gasteiger partial charge in [0.25, 0.3) is 0 Å². The molecule has 0 spiro atoms. The van der Waals surface area contributed by atoms with Crippen LogP contribution in [0.3, 0.4) is 0 Å². The number of anilines is 2. The molecule has 0 fully saturated rings. The van der Waals surface area contributed by atoms with Crippen molar-refractivity contribution in [3.8, 4) is 0 Å². The van der Waals surface area contributed by atoms with Crippen LogP contribution in [0.2, 0.25) is 0 Å². The first kappa shape index (κ1) is 13.0. The van der Waals surface area contributed by atoms with Gasteiger partial charge in [0.1, 0.15) is 11.9 Å². The van der Waals surface area contributed by atoms with Gasteiger partial charge in [0, 0.05) is 18.1 Å². The lowest BCUT2D eigenvalue weighted by atomic mass is 10.1. The van der Waals surface area contributed by atoms with E-state index >= 15 is 0 Å². The molecular formula is C13H14N4O2. The Balaban J connectivity index is 2.01. The van der Waals surface area contributed by atoms with Gasteiger partial charge in [-0.05, 0) is 24.1 Å². The molecule has 0 saturated heterocycles. The molecule has 1 atom stereocenters. The van der Waals surface area contributed by atoms with Crippen LogP contribution >= 0.6 is 0 Å². The molecule has 0 saturated carbocycles. The molecule has 1 heterocycles. The number of nitrogens with two attached hydrogens (primary N) is 1. The second-order valence-electron chi connectivity index (χ2n) is 4.06. The lowest BCUT2D eigenvalue weighted by Gasteiger charge is -2.08. The Morgan fingerprint density at radius 3 is 2.63 bits per heavy atom. The van der Waals surface area contributed by atoms with Crippen molar-refractivity contribution < 1.29 is 9.90 Å². The van der Waals surface area contributed by atoms with Gasteiger partial charge in [-0.25, -0.2) is 4.98 Å². The highest BCUT2D eigenvalue weighted by atomic mass is 16.4. The van der Waals surface area contributed by atoms with Crippen LogP contribution in [0.15, 0.2) is 42.9 Å². The average Bonchev–Trinajstić information content (AvgIpc) is 2.42. The summed E-state index contributed by atoms with van der Waals surface area (Å²) in [4.78, 5) is 18.7. The van der Waals surface area contributed by atoms with Crippen LogP contribution in [0.5, 0.6) is 0 Å². The fourth-order valence-electron chi connectivity index (χ4n) is 1.58. The van der Waals surface area contributed by atoms with Crippen molar-refractivity contribution in [3.63, 3.8) is 0 Å². The predicted octanol–water partition coefficient (Wildman–Crippen LogP) is 1.17. The molecule has 4 N–H and O–H groups in total. The maximum absolute atomic E-state index is 10.7. The number of carboxylic acid groups (broad SMARTS) is 1. The van der Waals surface area contributed by atoms with Crippen molar-refractivity contribution >= 4 is 17.5 Å². The highest BCUT2D eigenvalue weighted by Crippen LogP contribution is 2.14. The monoisotopic (exact) mass is 258 g/mol. The molecule has 1 aromatic heterocycles. The van der Waals surface area contributed by atoms with Crippen LogP contribution in [-0.2, 0) is 11.2 Å². The molecule has 0 radical (unpaired) electrons. The summed E-state index contributed by atoms with van der Waals surface area (Å²) in [6, 6.07) is 6.49. The van der Waals surface area contributed by atoms with Gasteiger partial charge >= 0.3 is 5.97 Å². The third-order valence-corrected chi connectivity index (χ3v) is 2.56. The van der Waals surface area contributed by atoms with Gasteiger partial charge in [-0.3, -0.25) is 9.78 Å². The standard InChI is InChI=1S/C13H14N4O2/c14-11(13(18)19)7-9-1-3-10(4-2-9)17-12-8-15-5-6-16-12/h1-6,8,11H,7,14H2,(H,16,17)(H,18,19)/t11-/m0/s1. The Labute approximate surface area is 110 Å². The predicted molar refractivity (Wildman–Crippen MR) is 71.1 cm³/mol. The quantitative estimate of drug-likeness (QED) is 0.744. The highest BCUT2D eigenvalue weighted by molar-refractivity contribution is 5.73. The van der Waals surface area contributed by atoms with E-state index in [0.717, 1.165) is 11.3 Å². The number of hydrogen-bond acceptors (Lipinski definition) is 5. The van der Waals surface area contributed by atoms with Crippen molar-refractivity contribution in [1.82, 2.24) is 9.97 Å². The molecule has 0 aliphatic carbocycles. The second-order valence-corrected chi connectivity index (χ2v) is 4.06. The van der Waals surface area contributed by atoms with E-state index in [4.69, 9.17) is 10.8 Å². The smallest absolute Gasteiger partial charge is 0.320 e. The number of nitrogens with one attached hydrogen (secondary N) is 1. The largest absolute Gasteiger partial charge is 0.480 e. The Morgan fingerprint density at radius 2 is 2.05 bits per heavy atom. The first-order chi connectivity index (χ1) is 9.15. The van der Waals surface area contributed by atoms with E-state index in [1.165, 1.54) is 0 Å². The molecule has 98 valence electrons. The first-order valence-corrected chi connectivity index (χ1v) is 5.75. The number of benzene rings is 1. The summed E-state index contributed by atoms with van der Waals surface area (Å²) >= 11 is 0. The minimum atomic E-state index is -0.998. The van der Waals surface area contributed by atoms with Crippen LogP contribution in [0.1, 0.15) is 5.56 Å². The summed E-state index contributed by atoms with van der Waals surface area (Å²) in [6.07, 6.45) is 5.12. The SMILES string of the molecule is N[C@@H](Cc1ccc(Nc2cnccn2)cc1)C(=O)O. The van der Waals surface area contributed by atoms with Gasteiger partial charge in [0.2, 0.25) is 0 Å². The normalized spacial score (nSPS) is 11.8. The van der Waals surface area contributed by atoms with Crippen LogP contribution in [0, 0.1) is 0 Å². The molecule has 19 heavy (non-hydrogen) atoms. The average molecular weight is 258 g/mol. The van der Waals surface area contributed by atoms with Crippen LogP contribution in [-0.4, -0.2) is 27.1 Å². The maximum Gasteiger partial charge on any atom is 0.320 e. The third-order valence-electron chi connectivity index (χ3n) is 2.56. The second kappa shape index (κ2) is 5.92. The fourth-order valence-corrected chi connectivity index (χ4v) is 1.58. The van der Waals surface area contributed by atoms with E-state index in [2.05, 4.69) is 15.3 Å². The molecule has 0 aliphatic heterocycles. The highest BCUT2D eigenvalue weighted by Gasteiger charge is 2.11. The molecule has 2 rings (SSSR count). The molecule has 2 aromatic rings. The molecular weight excluding hydrogens is 244 g/mol.